The number of cyclic esters (lactones) is 1. The molecule has 10 aromatic rings. The molecular formula is C89H96Cl2N6O22. The van der Waals surface area contributed by atoms with E-state index in [0.29, 0.717) is 104 Å². The molecule has 0 spiro atoms. The SMILES string of the molecule is C=CC(O)OC.COC(=O)CCC(=O)c1cccc(OC)c1.COC(=O)CC[C@H](O)c1cccc(OC)c1.COc1cccc(C=O)c1.COc1cccc([C@@H](O)CCC(=O)Nc2cnc(Oc3ccc(Cl)cc3)cn2)c1.COc1cccc([C@@H]2CCC(=O)O2)c1.COc1cccc([C@H]2CCC(=O)N2c2cnc(Oc3ccc(Cl)cc3)cn2)c1. The first-order valence-corrected chi connectivity index (χ1v) is 37.7. The number of methoxy groups -OCH3 is 9. The van der Waals surface area contributed by atoms with Gasteiger partial charge in [-0.05, 0) is 175 Å². The van der Waals surface area contributed by atoms with E-state index in [2.05, 4.69) is 46.0 Å². The van der Waals surface area contributed by atoms with Crippen LogP contribution in [0.15, 0.2) is 232 Å². The zero-order valence-corrected chi connectivity index (χ0v) is 68.7. The number of aromatic nitrogens is 4. The van der Waals surface area contributed by atoms with Crippen LogP contribution in [0.1, 0.15) is 132 Å². The minimum Gasteiger partial charge on any atom is -0.497 e. The molecule has 2 amide bonds. The van der Waals surface area contributed by atoms with Crippen molar-refractivity contribution in [3.63, 3.8) is 0 Å². The Bertz CT molecular complexity index is 4820. The number of ether oxygens (including phenoxy) is 12. The fraction of sp³-hybridized carbons (Fsp3) is 0.270. The minimum atomic E-state index is -0.801. The first-order chi connectivity index (χ1) is 57.5. The number of Topliss-reactive ketones (excluding diaryl/α,β-unsaturated/α-hetero) is 1. The van der Waals surface area contributed by atoms with Crippen molar-refractivity contribution in [1.82, 2.24) is 19.9 Å². The van der Waals surface area contributed by atoms with Crippen LogP contribution in [0, 0.1) is 0 Å². The second-order valence-corrected chi connectivity index (χ2v) is 26.1. The van der Waals surface area contributed by atoms with Crippen LogP contribution >= 0.6 is 23.2 Å². The average molecular weight is 1670 g/mol. The van der Waals surface area contributed by atoms with Crippen molar-refractivity contribution in [2.24, 2.45) is 0 Å². The zero-order valence-electron chi connectivity index (χ0n) is 67.2. The number of hydrogen-bond donors (Lipinski definition) is 4. The molecule has 30 heteroatoms. The number of halogens is 2. The third-order valence-corrected chi connectivity index (χ3v) is 17.7. The Balaban J connectivity index is 0.000000226. The summed E-state index contributed by atoms with van der Waals surface area (Å²) in [6.45, 7) is 3.26. The van der Waals surface area contributed by atoms with E-state index in [4.69, 9.17) is 70.9 Å². The number of nitrogens with zero attached hydrogens (tertiary/aromatic N) is 5. The van der Waals surface area contributed by atoms with Crippen molar-refractivity contribution in [2.45, 2.75) is 94.9 Å². The summed E-state index contributed by atoms with van der Waals surface area (Å²) in [7, 11) is 13.5. The number of aliphatic hydroxyl groups is 3. The van der Waals surface area contributed by atoms with Gasteiger partial charge in [0.15, 0.2) is 23.7 Å². The normalized spacial score (nSPS) is 13.4. The van der Waals surface area contributed by atoms with Gasteiger partial charge in [-0.15, -0.1) is 0 Å². The van der Waals surface area contributed by atoms with E-state index in [9.17, 15) is 43.8 Å². The Morgan fingerprint density at radius 2 is 0.983 bits per heavy atom. The monoisotopic (exact) mass is 1670 g/mol. The van der Waals surface area contributed by atoms with Gasteiger partial charge in [-0.25, -0.2) is 19.9 Å². The molecule has 4 N–H and O–H groups in total. The van der Waals surface area contributed by atoms with Gasteiger partial charge in [-0.2, -0.15) is 0 Å². The van der Waals surface area contributed by atoms with E-state index >= 15 is 0 Å². The maximum atomic E-state index is 12.5. The molecule has 2 saturated heterocycles. The Labute approximate surface area is 700 Å². The van der Waals surface area contributed by atoms with Crippen LogP contribution < -0.4 is 48.1 Å². The van der Waals surface area contributed by atoms with E-state index in [0.717, 1.165) is 47.3 Å². The number of anilines is 2. The lowest BCUT2D eigenvalue weighted by Crippen LogP contribution is -2.28. The summed E-state index contributed by atoms with van der Waals surface area (Å²) in [4.78, 5) is 97.8. The maximum Gasteiger partial charge on any atom is 0.306 e. The molecule has 8 aromatic carbocycles. The molecule has 2 aliphatic heterocycles. The summed E-state index contributed by atoms with van der Waals surface area (Å²) in [5.74, 6) is 5.71. The molecule has 2 aliphatic rings. The molecule has 0 radical (unpaired) electrons. The molecular weight excluding hydrogens is 1580 g/mol. The number of benzene rings is 8. The molecule has 0 aliphatic carbocycles. The fourth-order valence-electron chi connectivity index (χ4n) is 10.8. The van der Waals surface area contributed by atoms with E-state index in [-0.39, 0.29) is 79.8 Å². The quantitative estimate of drug-likeness (QED) is 0.00845. The second kappa shape index (κ2) is 52.0. The van der Waals surface area contributed by atoms with E-state index in [1.165, 1.54) is 53.1 Å². The van der Waals surface area contributed by atoms with Gasteiger partial charge < -0.3 is 77.5 Å². The van der Waals surface area contributed by atoms with Gasteiger partial charge in [-0.1, -0.05) is 103 Å². The summed E-state index contributed by atoms with van der Waals surface area (Å²) in [5, 5.41) is 32.3. The highest BCUT2D eigenvalue weighted by atomic mass is 35.5. The number of aldehydes is 1. The van der Waals surface area contributed by atoms with Crippen molar-refractivity contribution >= 4 is 76.6 Å². The number of esters is 3. The van der Waals surface area contributed by atoms with Gasteiger partial charge in [0.25, 0.3) is 0 Å². The molecule has 0 saturated carbocycles. The number of ketones is 1. The van der Waals surface area contributed by atoms with Gasteiger partial charge in [0.2, 0.25) is 23.6 Å². The zero-order chi connectivity index (χ0) is 86.4. The number of carbonyl (C=O) groups is 7. The summed E-state index contributed by atoms with van der Waals surface area (Å²) in [6, 6.07) is 57.2. The highest BCUT2D eigenvalue weighted by molar-refractivity contribution is 6.30. The first-order valence-electron chi connectivity index (χ1n) is 37.0. The van der Waals surface area contributed by atoms with E-state index in [1.807, 2.05) is 48.5 Å². The van der Waals surface area contributed by atoms with Crippen molar-refractivity contribution in [2.75, 3.05) is 74.2 Å². The van der Waals surface area contributed by atoms with Gasteiger partial charge in [-0.3, -0.25) is 38.5 Å². The smallest absolute Gasteiger partial charge is 0.306 e. The van der Waals surface area contributed by atoms with E-state index < -0.39 is 18.5 Å². The first kappa shape index (κ1) is 95.0. The molecule has 119 heavy (non-hydrogen) atoms. The Hall–Kier alpha value is -12.8. The van der Waals surface area contributed by atoms with E-state index in [1.54, 1.807) is 192 Å². The third-order valence-electron chi connectivity index (χ3n) is 17.2. The average Bonchev–Trinajstić information content (AvgIpc) is 1.66. The van der Waals surface area contributed by atoms with Gasteiger partial charge >= 0.3 is 17.9 Å². The minimum absolute atomic E-state index is 0.0217. The topological polar surface area (TPSA) is 358 Å². The van der Waals surface area contributed by atoms with Crippen LogP contribution in [0.25, 0.3) is 0 Å². The number of amides is 2. The van der Waals surface area contributed by atoms with Crippen molar-refractivity contribution in [3.8, 4) is 57.8 Å². The summed E-state index contributed by atoms with van der Waals surface area (Å²) >= 11 is 11.7. The number of carbonyl (C=O) groups excluding carboxylic acids is 7. The highest BCUT2D eigenvalue weighted by Gasteiger charge is 2.35. The van der Waals surface area contributed by atoms with Crippen molar-refractivity contribution in [1.29, 1.82) is 0 Å². The Kier molecular flexibility index (Phi) is 41.5. The van der Waals surface area contributed by atoms with Crippen LogP contribution in [0.5, 0.6) is 57.8 Å². The standard InChI is InChI=1S/C21H20ClN3O4.C21H18ClN3O3.C12H16O4.C12H14O4.C11H12O3.C8H8O2.C4H8O2/c1-28-17-4-2-3-14(11-17)18(26)9-10-20(27)25-19-12-24-21(13-23-19)29-16-7-5-15(22)6-8-16;1-27-17-4-2-3-14(11-17)18-9-10-21(26)25(18)19-12-24-20(13-23-19)28-16-7-5-15(22)6-8-16;2*1-15-10-5-3-4-9(8-10)11(13)6-7-12(14)16-2;1-13-9-4-2-3-8(7-9)10-5-6-11(12)14-10;1-10-8-4-2-3-7(5-8)6-9;1-3-4(5)6-2/h2-8,11-13,18,26H,9-10H2,1H3,(H,23,25,27);2-8,11-13,18H,9-10H2,1H3;3-5,8,11,13H,6-7H2,1-2H3;3-5,8H,6-7H2,1-2H3;2-4,7,10H,5-6H2,1H3;2-6H,1H3;3-5H,1H2,2H3/t2*18-;11-;;10-;;/m010.0../s1. The molecule has 2 aromatic heterocycles. The molecule has 628 valence electrons. The predicted octanol–water partition coefficient (Wildman–Crippen LogP) is 16.4. The lowest BCUT2D eigenvalue weighted by Gasteiger charge is -2.24. The molecule has 2 fully saturated rings. The summed E-state index contributed by atoms with van der Waals surface area (Å²) in [6.07, 6.45) is 9.33. The lowest BCUT2D eigenvalue weighted by atomic mass is 10.0. The van der Waals surface area contributed by atoms with Gasteiger partial charge in [0.1, 0.15) is 58.4 Å². The molecule has 0 bridgehead atoms. The van der Waals surface area contributed by atoms with Gasteiger partial charge in [0, 0.05) is 60.4 Å². The number of aliphatic hydroxyl groups excluding tert-OH is 3. The van der Waals surface area contributed by atoms with Crippen LogP contribution in [0.2, 0.25) is 10.0 Å². The third kappa shape index (κ3) is 33.7. The molecule has 12 rings (SSSR count). The Morgan fingerprint density at radius 3 is 1.45 bits per heavy atom. The highest BCUT2D eigenvalue weighted by Crippen LogP contribution is 2.38. The molecule has 4 heterocycles. The molecule has 5 atom stereocenters. The lowest BCUT2D eigenvalue weighted by molar-refractivity contribution is -0.142. The van der Waals surface area contributed by atoms with Gasteiger partial charge in [0.05, 0.1) is 106 Å². The van der Waals surface area contributed by atoms with Crippen molar-refractivity contribution in [3.05, 3.63) is 275 Å². The number of hydrogen-bond acceptors (Lipinski definition) is 26. The number of nitrogens with one attached hydrogen (secondary N) is 1. The second-order valence-electron chi connectivity index (χ2n) is 25.2. The predicted molar refractivity (Wildman–Crippen MR) is 446 cm³/mol. The van der Waals surface area contributed by atoms with Crippen LogP contribution in [-0.4, -0.2) is 147 Å². The molecule has 1 unspecified atom stereocenters. The van der Waals surface area contributed by atoms with Crippen LogP contribution in [0.3, 0.4) is 0 Å². The maximum absolute atomic E-state index is 12.5. The molecule has 28 nitrogen and oxygen atoms in total. The summed E-state index contributed by atoms with van der Waals surface area (Å²) < 4.78 is 60.2. The number of rotatable bonds is 29. The Morgan fingerprint density at radius 1 is 0.513 bits per heavy atom. The van der Waals surface area contributed by atoms with Crippen LogP contribution in [0.4, 0.5) is 11.6 Å². The largest absolute Gasteiger partial charge is 0.497 e. The fourth-order valence-corrected chi connectivity index (χ4v) is 11.1. The van der Waals surface area contributed by atoms with Crippen LogP contribution in [-0.2, 0) is 42.9 Å². The van der Waals surface area contributed by atoms with Crippen molar-refractivity contribution < 1.29 is 106 Å². The summed E-state index contributed by atoms with van der Waals surface area (Å²) in [5.41, 5.74) is 4.63.